The number of aromatic nitrogens is 3. The summed E-state index contributed by atoms with van der Waals surface area (Å²) < 4.78 is 17.5. The van der Waals surface area contributed by atoms with Crippen molar-refractivity contribution < 1.29 is 28.6 Å². The van der Waals surface area contributed by atoms with Gasteiger partial charge in [-0.05, 0) is 47.9 Å². The van der Waals surface area contributed by atoms with E-state index in [2.05, 4.69) is 10.2 Å². The quantitative estimate of drug-likeness (QED) is 0.297. The number of carbonyl (C=O) groups excluding carboxylic acids is 1. The third-order valence-electron chi connectivity index (χ3n) is 6.01. The predicted molar refractivity (Wildman–Crippen MR) is 139 cm³/mol. The summed E-state index contributed by atoms with van der Waals surface area (Å²) in [7, 11) is 2.97. The largest absolute Gasteiger partial charge is 0.495 e. The van der Waals surface area contributed by atoms with Gasteiger partial charge in [0.25, 0.3) is 5.56 Å². The molecule has 0 radical (unpaired) electrons. The molecule has 0 amide bonds. The summed E-state index contributed by atoms with van der Waals surface area (Å²) in [6.07, 6.45) is 2.93. The number of hydrogen-bond donors (Lipinski definition) is 1. The van der Waals surface area contributed by atoms with E-state index in [1.54, 1.807) is 30.3 Å². The molecule has 0 saturated heterocycles. The number of Topliss-reactive ketones (excluding diaryl/α,β-unsaturated/α-hetero) is 1. The molecule has 2 aromatic heterocycles. The number of aromatic carboxylic acids is 1. The number of hydrogen-bond acceptors (Lipinski definition) is 8. The van der Waals surface area contributed by atoms with Crippen LogP contribution in [0.25, 0.3) is 22.6 Å². The minimum Gasteiger partial charge on any atom is -0.495 e. The standard InChI is InChI=1S/C27H24ClN3O7/c1-36-10-9-22(23(32)11-16-3-5-17(6-4-16)27(34)35)31-14-24(37-2)21(13-25(31)33)20-12-18(28)7-8-19(20)26-30-29-15-38-26/h3-8,12-15,22H,9-11H2,1-2H3,(H,34,35). The summed E-state index contributed by atoms with van der Waals surface area (Å²) in [5.74, 6) is -0.725. The smallest absolute Gasteiger partial charge is 0.335 e. The molecule has 10 nitrogen and oxygen atoms in total. The molecule has 38 heavy (non-hydrogen) atoms. The van der Waals surface area contributed by atoms with Gasteiger partial charge in [0.1, 0.15) is 5.75 Å². The van der Waals surface area contributed by atoms with E-state index in [1.165, 1.54) is 49.6 Å². The fourth-order valence-corrected chi connectivity index (χ4v) is 4.30. The zero-order chi connectivity index (χ0) is 27.2. The van der Waals surface area contributed by atoms with Gasteiger partial charge in [-0.1, -0.05) is 23.7 Å². The van der Waals surface area contributed by atoms with Crippen molar-refractivity contribution in [3.8, 4) is 28.3 Å². The third-order valence-corrected chi connectivity index (χ3v) is 6.24. The molecule has 0 aliphatic rings. The zero-order valence-electron chi connectivity index (χ0n) is 20.6. The SMILES string of the molecule is COCCC(C(=O)Cc1ccc(C(=O)O)cc1)n1cc(OC)c(-c2cc(Cl)ccc2-c2nnco2)cc1=O. The molecule has 11 heteroatoms. The maximum atomic E-state index is 13.4. The van der Waals surface area contributed by atoms with Gasteiger partial charge in [-0.3, -0.25) is 9.59 Å². The third kappa shape index (κ3) is 5.82. The molecule has 0 aliphatic carbocycles. The molecule has 196 valence electrons. The van der Waals surface area contributed by atoms with Crippen LogP contribution in [0.3, 0.4) is 0 Å². The Morgan fingerprint density at radius 1 is 1.08 bits per heavy atom. The van der Waals surface area contributed by atoms with Crippen molar-refractivity contribution in [1.29, 1.82) is 0 Å². The summed E-state index contributed by atoms with van der Waals surface area (Å²) in [5.41, 5.74) is 1.84. The van der Waals surface area contributed by atoms with E-state index in [0.29, 0.717) is 33.0 Å². The number of nitrogens with zero attached hydrogens (tertiary/aromatic N) is 3. The molecule has 2 heterocycles. The number of halogens is 1. The minimum atomic E-state index is -1.05. The first-order chi connectivity index (χ1) is 18.3. The maximum absolute atomic E-state index is 13.4. The van der Waals surface area contributed by atoms with Gasteiger partial charge in [0, 0.05) is 42.4 Å². The van der Waals surface area contributed by atoms with Crippen LogP contribution in [0.5, 0.6) is 5.75 Å². The fourth-order valence-electron chi connectivity index (χ4n) is 4.13. The Labute approximate surface area is 222 Å². The lowest BCUT2D eigenvalue weighted by atomic mass is 9.98. The van der Waals surface area contributed by atoms with E-state index in [1.807, 2.05) is 0 Å². The normalized spacial score (nSPS) is 11.8. The average molecular weight is 538 g/mol. The fraction of sp³-hybridized carbons (Fsp3) is 0.222. The van der Waals surface area contributed by atoms with Crippen LogP contribution >= 0.6 is 11.6 Å². The lowest BCUT2D eigenvalue weighted by molar-refractivity contribution is -0.122. The Balaban J connectivity index is 1.74. The monoisotopic (exact) mass is 537 g/mol. The highest BCUT2D eigenvalue weighted by molar-refractivity contribution is 6.31. The Morgan fingerprint density at radius 3 is 2.47 bits per heavy atom. The summed E-state index contributed by atoms with van der Waals surface area (Å²) >= 11 is 6.27. The molecule has 1 N–H and O–H groups in total. The van der Waals surface area contributed by atoms with Gasteiger partial charge in [-0.2, -0.15) is 0 Å². The first kappa shape index (κ1) is 26.8. The number of carbonyl (C=O) groups is 2. The number of carboxylic acid groups (broad SMARTS) is 1. The van der Waals surface area contributed by atoms with Crippen molar-refractivity contribution in [1.82, 2.24) is 14.8 Å². The molecule has 1 atom stereocenters. The Morgan fingerprint density at radius 2 is 1.84 bits per heavy atom. The van der Waals surface area contributed by atoms with Crippen LogP contribution < -0.4 is 10.3 Å². The van der Waals surface area contributed by atoms with Crippen molar-refractivity contribution in [2.75, 3.05) is 20.8 Å². The first-order valence-electron chi connectivity index (χ1n) is 11.5. The molecular weight excluding hydrogens is 514 g/mol. The van der Waals surface area contributed by atoms with Crippen LogP contribution in [0.2, 0.25) is 5.02 Å². The zero-order valence-corrected chi connectivity index (χ0v) is 21.3. The first-order valence-corrected chi connectivity index (χ1v) is 11.9. The second-order valence-electron chi connectivity index (χ2n) is 8.38. The summed E-state index contributed by atoms with van der Waals surface area (Å²) in [6.45, 7) is 0.237. The van der Waals surface area contributed by atoms with Crippen molar-refractivity contribution in [2.45, 2.75) is 18.9 Å². The number of ketones is 1. The van der Waals surface area contributed by atoms with Gasteiger partial charge in [0.15, 0.2) is 5.78 Å². The molecule has 0 aliphatic heterocycles. The Kier molecular flexibility index (Phi) is 8.35. The Bertz CT molecular complexity index is 1500. The Hall–Kier alpha value is -4.28. The van der Waals surface area contributed by atoms with Crippen molar-refractivity contribution in [2.24, 2.45) is 0 Å². The van der Waals surface area contributed by atoms with Crippen LogP contribution in [0.4, 0.5) is 0 Å². The molecule has 0 fully saturated rings. The molecule has 4 rings (SSSR count). The van der Waals surface area contributed by atoms with Crippen molar-refractivity contribution in [3.63, 3.8) is 0 Å². The predicted octanol–water partition coefficient (Wildman–Crippen LogP) is 4.31. The molecule has 4 aromatic rings. The van der Waals surface area contributed by atoms with Crippen LogP contribution in [-0.2, 0) is 16.0 Å². The summed E-state index contributed by atoms with van der Waals surface area (Å²) in [5, 5.41) is 17.2. The highest BCUT2D eigenvalue weighted by Crippen LogP contribution is 2.38. The van der Waals surface area contributed by atoms with Crippen LogP contribution in [0.15, 0.2) is 70.3 Å². The molecule has 2 aromatic carbocycles. The number of pyridine rings is 1. The van der Waals surface area contributed by atoms with E-state index >= 15 is 0 Å². The van der Waals surface area contributed by atoms with E-state index in [9.17, 15) is 14.4 Å². The van der Waals surface area contributed by atoms with E-state index in [4.69, 9.17) is 30.6 Å². The van der Waals surface area contributed by atoms with E-state index in [0.717, 1.165) is 0 Å². The number of benzene rings is 2. The summed E-state index contributed by atoms with van der Waals surface area (Å²) in [6, 6.07) is 11.6. The van der Waals surface area contributed by atoms with Gasteiger partial charge in [0.2, 0.25) is 12.3 Å². The van der Waals surface area contributed by atoms with Crippen molar-refractivity contribution in [3.05, 3.63) is 87.6 Å². The number of rotatable bonds is 11. The van der Waals surface area contributed by atoms with E-state index in [-0.39, 0.29) is 36.7 Å². The van der Waals surface area contributed by atoms with Gasteiger partial charge in [-0.15, -0.1) is 10.2 Å². The number of carboxylic acids is 1. The second kappa shape index (κ2) is 11.8. The molecule has 1 unspecified atom stereocenters. The lowest BCUT2D eigenvalue weighted by Crippen LogP contribution is -2.31. The molecule has 0 spiro atoms. The minimum absolute atomic E-state index is 0.000388. The summed E-state index contributed by atoms with van der Waals surface area (Å²) in [4.78, 5) is 37.9. The maximum Gasteiger partial charge on any atom is 0.335 e. The second-order valence-corrected chi connectivity index (χ2v) is 8.81. The van der Waals surface area contributed by atoms with Gasteiger partial charge < -0.3 is 23.6 Å². The van der Waals surface area contributed by atoms with Gasteiger partial charge in [0.05, 0.1) is 24.9 Å². The highest BCUT2D eigenvalue weighted by Gasteiger charge is 2.25. The number of ether oxygens (including phenoxy) is 2. The van der Waals surface area contributed by atoms with Crippen LogP contribution in [-0.4, -0.2) is 52.5 Å². The van der Waals surface area contributed by atoms with Gasteiger partial charge in [-0.25, -0.2) is 4.79 Å². The lowest BCUT2D eigenvalue weighted by Gasteiger charge is -2.21. The molecular formula is C27H24ClN3O7. The average Bonchev–Trinajstić information content (AvgIpc) is 3.44. The molecule has 0 saturated carbocycles. The van der Waals surface area contributed by atoms with Crippen molar-refractivity contribution >= 4 is 23.4 Å². The van der Waals surface area contributed by atoms with Crippen LogP contribution in [0.1, 0.15) is 28.4 Å². The highest BCUT2D eigenvalue weighted by atomic mass is 35.5. The topological polar surface area (TPSA) is 134 Å². The van der Waals surface area contributed by atoms with Gasteiger partial charge >= 0.3 is 5.97 Å². The van der Waals surface area contributed by atoms with Crippen LogP contribution in [0, 0.1) is 0 Å². The molecule has 0 bridgehead atoms. The number of methoxy groups -OCH3 is 2. The van der Waals surface area contributed by atoms with E-state index < -0.39 is 17.6 Å².